The summed E-state index contributed by atoms with van der Waals surface area (Å²) in [6.07, 6.45) is 1.44. The van der Waals surface area contributed by atoms with Crippen LogP contribution < -0.4 is 10.2 Å². The van der Waals surface area contributed by atoms with Gasteiger partial charge in [-0.1, -0.05) is 35.3 Å². The van der Waals surface area contributed by atoms with Crippen molar-refractivity contribution < 1.29 is 23.5 Å². The second-order valence-electron chi connectivity index (χ2n) is 5.94. The molecule has 0 aliphatic carbocycles. The van der Waals surface area contributed by atoms with Crippen LogP contribution in [0.1, 0.15) is 32.2 Å². The molecule has 0 saturated heterocycles. The summed E-state index contributed by atoms with van der Waals surface area (Å²) in [4.78, 5) is 23.5. The van der Waals surface area contributed by atoms with E-state index in [0.29, 0.717) is 32.7 Å². The van der Waals surface area contributed by atoms with Crippen LogP contribution in [0.5, 0.6) is 5.75 Å². The van der Waals surface area contributed by atoms with Gasteiger partial charge in [0.05, 0.1) is 23.9 Å². The molecule has 0 aliphatic rings. The summed E-state index contributed by atoms with van der Waals surface area (Å²) in [7, 11) is 1.31. The molecule has 3 rings (SSSR count). The molecule has 1 aromatic heterocycles. The zero-order valence-electron chi connectivity index (χ0n) is 15.7. The largest absolute Gasteiger partial charge is 0.484 e. The number of furan rings is 1. The maximum absolute atomic E-state index is 12.1. The van der Waals surface area contributed by atoms with Crippen LogP contribution in [0.4, 0.5) is 0 Å². The summed E-state index contributed by atoms with van der Waals surface area (Å²) in [6.45, 7) is 0.0726. The monoisotopic (exact) mass is 446 g/mol. The van der Waals surface area contributed by atoms with Crippen LogP contribution in [-0.4, -0.2) is 25.2 Å². The number of methoxy groups -OCH3 is 1. The topological polar surface area (TPSA) is 90.1 Å². The molecule has 0 bridgehead atoms. The minimum absolute atomic E-state index is 0.0726. The predicted octanol–water partition coefficient (Wildman–Crippen LogP) is 4.72. The van der Waals surface area contributed by atoms with Crippen LogP contribution in [0.25, 0.3) is 0 Å². The van der Waals surface area contributed by atoms with Gasteiger partial charge < -0.3 is 13.9 Å². The van der Waals surface area contributed by atoms with E-state index in [4.69, 9.17) is 32.4 Å². The summed E-state index contributed by atoms with van der Waals surface area (Å²) < 4.78 is 15.7. The van der Waals surface area contributed by atoms with E-state index in [1.54, 1.807) is 48.5 Å². The summed E-state index contributed by atoms with van der Waals surface area (Å²) in [5.74, 6) is -0.0385. The van der Waals surface area contributed by atoms with Gasteiger partial charge in [-0.3, -0.25) is 4.79 Å². The number of hydrazone groups is 1. The van der Waals surface area contributed by atoms with Gasteiger partial charge in [0, 0.05) is 11.1 Å². The molecule has 1 amide bonds. The maximum atomic E-state index is 12.1. The van der Waals surface area contributed by atoms with Crippen molar-refractivity contribution in [2.24, 2.45) is 5.10 Å². The molecule has 0 unspecified atom stereocenters. The third kappa shape index (κ3) is 5.62. The Hall–Kier alpha value is -3.29. The molecule has 0 atom stereocenters. The van der Waals surface area contributed by atoms with E-state index >= 15 is 0 Å². The van der Waals surface area contributed by atoms with Gasteiger partial charge in [0.15, 0.2) is 5.76 Å². The zero-order chi connectivity index (χ0) is 21.5. The highest BCUT2D eigenvalue weighted by molar-refractivity contribution is 6.34. The van der Waals surface area contributed by atoms with Crippen molar-refractivity contribution in [1.82, 2.24) is 5.43 Å². The lowest BCUT2D eigenvalue weighted by Crippen LogP contribution is -2.16. The summed E-state index contributed by atoms with van der Waals surface area (Å²) in [6, 6.07) is 14.5. The zero-order valence-corrected chi connectivity index (χ0v) is 17.2. The number of nitrogens with one attached hydrogen (secondary N) is 1. The lowest BCUT2D eigenvalue weighted by atomic mass is 10.1. The first kappa shape index (κ1) is 21.4. The second-order valence-corrected chi connectivity index (χ2v) is 6.79. The Kier molecular flexibility index (Phi) is 7.11. The highest BCUT2D eigenvalue weighted by atomic mass is 35.5. The number of benzene rings is 2. The molecule has 0 radical (unpaired) electrons. The second kappa shape index (κ2) is 9.96. The van der Waals surface area contributed by atoms with E-state index in [2.05, 4.69) is 15.3 Å². The number of carbonyl (C=O) groups is 2. The maximum Gasteiger partial charge on any atom is 0.337 e. The molecule has 2 aromatic carbocycles. The van der Waals surface area contributed by atoms with Gasteiger partial charge in [0.1, 0.15) is 18.1 Å². The normalized spacial score (nSPS) is 10.8. The van der Waals surface area contributed by atoms with Crippen molar-refractivity contribution >= 4 is 41.3 Å². The number of esters is 1. The highest BCUT2D eigenvalue weighted by Crippen LogP contribution is 2.28. The minimum atomic E-state index is -0.524. The van der Waals surface area contributed by atoms with Crippen LogP contribution in [0.15, 0.2) is 64.1 Å². The first-order valence-electron chi connectivity index (χ1n) is 8.64. The molecule has 0 spiro atoms. The van der Waals surface area contributed by atoms with Gasteiger partial charge in [-0.15, -0.1) is 0 Å². The smallest absolute Gasteiger partial charge is 0.337 e. The van der Waals surface area contributed by atoms with Crippen molar-refractivity contribution in [3.05, 3.63) is 87.3 Å². The van der Waals surface area contributed by atoms with Crippen molar-refractivity contribution in [1.29, 1.82) is 0 Å². The lowest BCUT2D eigenvalue weighted by Gasteiger charge is -2.06. The Bertz CT molecular complexity index is 1080. The Labute approximate surface area is 182 Å². The van der Waals surface area contributed by atoms with Crippen LogP contribution in [-0.2, 0) is 11.3 Å². The molecule has 30 heavy (non-hydrogen) atoms. The molecule has 1 N–H and O–H groups in total. The molecule has 9 heteroatoms. The van der Waals surface area contributed by atoms with Crippen molar-refractivity contribution in [2.75, 3.05) is 7.11 Å². The fourth-order valence-electron chi connectivity index (χ4n) is 2.36. The summed E-state index contributed by atoms with van der Waals surface area (Å²) >= 11 is 12.0. The van der Waals surface area contributed by atoms with Crippen LogP contribution in [0.2, 0.25) is 10.0 Å². The number of rotatable bonds is 7. The number of ether oxygens (including phenoxy) is 2. The average Bonchev–Trinajstić information content (AvgIpc) is 3.23. The van der Waals surface area contributed by atoms with Gasteiger partial charge in [0.25, 0.3) is 0 Å². The van der Waals surface area contributed by atoms with Crippen molar-refractivity contribution in [2.45, 2.75) is 6.61 Å². The van der Waals surface area contributed by atoms with E-state index < -0.39 is 11.9 Å². The third-order valence-electron chi connectivity index (χ3n) is 3.86. The number of nitrogens with zero attached hydrogens (tertiary/aromatic N) is 1. The van der Waals surface area contributed by atoms with Crippen LogP contribution in [0, 0.1) is 0 Å². The number of amides is 1. The SMILES string of the molecule is COC(=O)c1ccc(/C=N/NC(=O)c2ccc(COc3cc(Cl)ccc3Cl)o2)cc1. The Morgan fingerprint density at radius 2 is 1.87 bits per heavy atom. The molecular formula is C21H16Cl2N2O5. The van der Waals surface area contributed by atoms with E-state index in [9.17, 15) is 9.59 Å². The first-order chi connectivity index (χ1) is 14.5. The van der Waals surface area contributed by atoms with E-state index in [1.807, 2.05) is 0 Å². The minimum Gasteiger partial charge on any atom is -0.484 e. The van der Waals surface area contributed by atoms with Crippen LogP contribution >= 0.6 is 23.2 Å². The fourth-order valence-corrected chi connectivity index (χ4v) is 2.69. The van der Waals surface area contributed by atoms with Gasteiger partial charge >= 0.3 is 11.9 Å². The lowest BCUT2D eigenvalue weighted by molar-refractivity contribution is 0.0600. The van der Waals surface area contributed by atoms with Gasteiger partial charge in [-0.2, -0.15) is 5.10 Å². The van der Waals surface area contributed by atoms with Gasteiger partial charge in [0.2, 0.25) is 0 Å². The Morgan fingerprint density at radius 3 is 2.60 bits per heavy atom. The molecule has 0 fully saturated rings. The van der Waals surface area contributed by atoms with Gasteiger partial charge in [-0.25, -0.2) is 10.2 Å². The quantitative estimate of drug-likeness (QED) is 0.322. The van der Waals surface area contributed by atoms with Crippen LogP contribution in [0.3, 0.4) is 0 Å². The highest BCUT2D eigenvalue weighted by Gasteiger charge is 2.12. The van der Waals surface area contributed by atoms with Crippen molar-refractivity contribution in [3.63, 3.8) is 0 Å². The number of halogens is 2. The number of carbonyl (C=O) groups excluding carboxylic acids is 2. The molecule has 154 valence electrons. The molecule has 7 nitrogen and oxygen atoms in total. The van der Waals surface area contributed by atoms with E-state index in [0.717, 1.165) is 0 Å². The molecular weight excluding hydrogens is 431 g/mol. The average molecular weight is 447 g/mol. The Balaban J connectivity index is 1.54. The molecule has 0 saturated carbocycles. The standard InChI is InChI=1S/C21H16Cl2N2O5/c1-28-21(27)14-4-2-13(3-5-14)11-24-25-20(26)18-9-7-16(30-18)12-29-19-10-15(22)6-8-17(19)23/h2-11H,12H2,1H3,(H,25,26)/b24-11+. The molecule has 1 heterocycles. The van der Waals surface area contributed by atoms with E-state index in [1.165, 1.54) is 19.4 Å². The summed E-state index contributed by atoms with van der Waals surface area (Å²) in [5.41, 5.74) is 3.47. The third-order valence-corrected chi connectivity index (χ3v) is 4.41. The number of hydrogen-bond acceptors (Lipinski definition) is 6. The predicted molar refractivity (Wildman–Crippen MR) is 112 cm³/mol. The van der Waals surface area contributed by atoms with Crippen molar-refractivity contribution in [3.8, 4) is 5.75 Å². The molecule has 3 aromatic rings. The summed E-state index contributed by atoms with van der Waals surface area (Å²) in [5, 5.41) is 4.78. The Morgan fingerprint density at radius 1 is 1.10 bits per heavy atom. The van der Waals surface area contributed by atoms with Gasteiger partial charge in [-0.05, 0) is 42.0 Å². The van der Waals surface area contributed by atoms with E-state index in [-0.39, 0.29) is 12.4 Å². The fraction of sp³-hybridized carbons (Fsp3) is 0.0952. The first-order valence-corrected chi connectivity index (χ1v) is 9.40. The number of hydrogen-bond donors (Lipinski definition) is 1. The molecule has 0 aliphatic heterocycles.